The third-order valence-corrected chi connectivity index (χ3v) is 5.73. The van der Waals surface area contributed by atoms with E-state index in [1.165, 1.54) is 0 Å². The molecule has 3 aromatic rings. The molecule has 0 saturated heterocycles. The van der Waals surface area contributed by atoms with Gasteiger partial charge in [-0.25, -0.2) is 4.98 Å². The standard InChI is InChI=1S/C21H20N4O4/c1-10-9-28-17-15(10)14(8-13-16(17)18(22)25-20(23)24-13)29-12-4-2-3-11(7-12)21(5-6-21)19(26)27/h2-4,7-8,10H,5-6,9H2,1H3,(H,26,27)(H4,22,23,24,25). The number of nitrogens with two attached hydrogens (primary N) is 2. The highest BCUT2D eigenvalue weighted by atomic mass is 16.5. The fraction of sp³-hybridized carbons (Fsp3) is 0.286. The monoisotopic (exact) mass is 392 g/mol. The van der Waals surface area contributed by atoms with Gasteiger partial charge in [0.1, 0.15) is 23.1 Å². The molecule has 1 fully saturated rings. The lowest BCUT2D eigenvalue weighted by atomic mass is 9.96. The first kappa shape index (κ1) is 17.5. The van der Waals surface area contributed by atoms with E-state index in [4.69, 9.17) is 20.9 Å². The molecule has 8 heteroatoms. The zero-order valence-electron chi connectivity index (χ0n) is 15.8. The van der Waals surface area contributed by atoms with Gasteiger partial charge in [-0.1, -0.05) is 19.1 Å². The van der Waals surface area contributed by atoms with Gasteiger partial charge < -0.3 is 26.0 Å². The first-order valence-corrected chi connectivity index (χ1v) is 9.43. The van der Waals surface area contributed by atoms with Crippen molar-refractivity contribution in [3.8, 4) is 17.2 Å². The van der Waals surface area contributed by atoms with E-state index < -0.39 is 11.4 Å². The van der Waals surface area contributed by atoms with Crippen LogP contribution in [-0.4, -0.2) is 27.7 Å². The highest BCUT2D eigenvalue weighted by molar-refractivity contribution is 5.97. The maximum Gasteiger partial charge on any atom is 0.314 e. The molecule has 5 N–H and O–H groups in total. The molecule has 2 aliphatic rings. The molecule has 2 aromatic carbocycles. The molecule has 0 spiro atoms. The number of carboxylic acid groups (broad SMARTS) is 1. The van der Waals surface area contributed by atoms with Crippen LogP contribution in [-0.2, 0) is 10.2 Å². The molecule has 2 heterocycles. The summed E-state index contributed by atoms with van der Waals surface area (Å²) in [6.07, 6.45) is 1.27. The van der Waals surface area contributed by atoms with Gasteiger partial charge in [0.25, 0.3) is 0 Å². The summed E-state index contributed by atoms with van der Waals surface area (Å²) >= 11 is 0. The van der Waals surface area contributed by atoms with Crippen LogP contribution >= 0.6 is 0 Å². The van der Waals surface area contributed by atoms with Gasteiger partial charge in [0.05, 0.1) is 22.9 Å². The molecule has 0 bridgehead atoms. The Kier molecular flexibility index (Phi) is 3.61. The van der Waals surface area contributed by atoms with Gasteiger partial charge in [0.2, 0.25) is 5.95 Å². The smallest absolute Gasteiger partial charge is 0.314 e. The topological polar surface area (TPSA) is 134 Å². The number of aromatic nitrogens is 2. The highest BCUT2D eigenvalue weighted by Gasteiger charge is 2.51. The zero-order valence-corrected chi connectivity index (χ0v) is 15.8. The third-order valence-electron chi connectivity index (χ3n) is 5.73. The Bertz CT molecular complexity index is 1170. The number of carbonyl (C=O) groups is 1. The minimum absolute atomic E-state index is 0.0751. The fourth-order valence-electron chi connectivity index (χ4n) is 4.03. The number of rotatable bonds is 4. The van der Waals surface area contributed by atoms with Gasteiger partial charge in [-0.3, -0.25) is 4.79 Å². The van der Waals surface area contributed by atoms with Gasteiger partial charge in [0.15, 0.2) is 0 Å². The van der Waals surface area contributed by atoms with Crippen molar-refractivity contribution in [2.75, 3.05) is 18.1 Å². The normalized spacial score (nSPS) is 18.9. The Morgan fingerprint density at radius 3 is 2.79 bits per heavy atom. The third kappa shape index (κ3) is 2.63. The van der Waals surface area contributed by atoms with Crippen molar-refractivity contribution in [2.24, 2.45) is 0 Å². The van der Waals surface area contributed by atoms with E-state index in [1.54, 1.807) is 18.2 Å². The summed E-state index contributed by atoms with van der Waals surface area (Å²) in [6, 6.07) is 9.03. The van der Waals surface area contributed by atoms with Crippen molar-refractivity contribution in [3.05, 3.63) is 41.5 Å². The summed E-state index contributed by atoms with van der Waals surface area (Å²) in [5.41, 5.74) is 13.2. The van der Waals surface area contributed by atoms with E-state index in [0.29, 0.717) is 47.6 Å². The van der Waals surface area contributed by atoms with E-state index in [1.807, 2.05) is 19.1 Å². The van der Waals surface area contributed by atoms with E-state index in [0.717, 1.165) is 11.1 Å². The number of fused-ring (bicyclic) bond motifs is 3. The second-order valence-electron chi connectivity index (χ2n) is 7.71. The van der Waals surface area contributed by atoms with Crippen molar-refractivity contribution in [3.63, 3.8) is 0 Å². The molecule has 0 amide bonds. The molecule has 148 valence electrons. The summed E-state index contributed by atoms with van der Waals surface area (Å²) in [7, 11) is 0. The van der Waals surface area contributed by atoms with E-state index in [2.05, 4.69) is 9.97 Å². The molecule has 29 heavy (non-hydrogen) atoms. The fourth-order valence-corrected chi connectivity index (χ4v) is 4.03. The summed E-state index contributed by atoms with van der Waals surface area (Å²) in [4.78, 5) is 20.0. The summed E-state index contributed by atoms with van der Waals surface area (Å²) in [6.45, 7) is 2.54. The van der Waals surface area contributed by atoms with E-state index in [-0.39, 0.29) is 17.7 Å². The maximum absolute atomic E-state index is 11.7. The molecule has 1 aromatic heterocycles. The highest BCUT2D eigenvalue weighted by Crippen LogP contribution is 2.50. The molecule has 1 unspecified atom stereocenters. The second kappa shape index (κ2) is 5.97. The van der Waals surface area contributed by atoms with Crippen molar-refractivity contribution >= 4 is 28.6 Å². The van der Waals surface area contributed by atoms with Crippen molar-refractivity contribution in [1.29, 1.82) is 0 Å². The number of benzene rings is 2. The molecule has 1 saturated carbocycles. The largest absolute Gasteiger partial charge is 0.492 e. The van der Waals surface area contributed by atoms with Crippen LogP contribution in [0.2, 0.25) is 0 Å². The van der Waals surface area contributed by atoms with Gasteiger partial charge in [-0.2, -0.15) is 4.98 Å². The second-order valence-corrected chi connectivity index (χ2v) is 7.71. The van der Waals surface area contributed by atoms with Crippen LogP contribution < -0.4 is 20.9 Å². The lowest BCUT2D eigenvalue weighted by molar-refractivity contribution is -0.140. The predicted octanol–water partition coefficient (Wildman–Crippen LogP) is 3.20. The number of aliphatic carboxylic acids is 1. The summed E-state index contributed by atoms with van der Waals surface area (Å²) in [5, 5.41) is 10.2. The Hall–Kier alpha value is -3.55. The minimum atomic E-state index is -0.800. The minimum Gasteiger partial charge on any atom is -0.492 e. The SMILES string of the molecule is CC1COc2c1c(Oc1cccc(C3(C(=O)O)CC3)c1)cc1nc(N)nc(N)c21. The van der Waals surface area contributed by atoms with Crippen LogP contribution in [0.15, 0.2) is 30.3 Å². The van der Waals surface area contributed by atoms with Crippen molar-refractivity contribution in [2.45, 2.75) is 31.1 Å². The van der Waals surface area contributed by atoms with Gasteiger partial charge in [0, 0.05) is 17.5 Å². The first-order valence-electron chi connectivity index (χ1n) is 9.43. The molecule has 8 nitrogen and oxygen atoms in total. The van der Waals surface area contributed by atoms with Crippen molar-refractivity contribution < 1.29 is 19.4 Å². The number of hydrogen-bond donors (Lipinski definition) is 3. The Labute approximate surface area is 166 Å². The van der Waals surface area contributed by atoms with E-state index in [9.17, 15) is 9.90 Å². The number of nitrogen functional groups attached to an aromatic ring is 2. The lowest BCUT2D eigenvalue weighted by Crippen LogP contribution is -2.19. The molecule has 5 rings (SSSR count). The van der Waals surface area contributed by atoms with Crippen LogP contribution in [0.5, 0.6) is 17.2 Å². The molecule has 0 radical (unpaired) electrons. The number of anilines is 2. The molecular formula is C21H20N4O4. The Morgan fingerprint density at radius 1 is 1.28 bits per heavy atom. The van der Waals surface area contributed by atoms with Crippen LogP contribution in [0.1, 0.15) is 36.8 Å². The Morgan fingerprint density at radius 2 is 2.07 bits per heavy atom. The summed E-state index contributed by atoms with van der Waals surface area (Å²) < 4.78 is 12.1. The molecule has 1 aliphatic carbocycles. The number of nitrogens with zero attached hydrogens (tertiary/aromatic N) is 2. The van der Waals surface area contributed by atoms with E-state index >= 15 is 0 Å². The average molecular weight is 392 g/mol. The van der Waals surface area contributed by atoms with Gasteiger partial charge >= 0.3 is 5.97 Å². The van der Waals surface area contributed by atoms with Crippen LogP contribution in [0.25, 0.3) is 10.9 Å². The molecular weight excluding hydrogens is 372 g/mol. The quantitative estimate of drug-likeness (QED) is 0.616. The van der Waals surface area contributed by atoms with Crippen LogP contribution in [0.3, 0.4) is 0 Å². The average Bonchev–Trinajstić information content (AvgIpc) is 3.40. The number of ether oxygens (including phenoxy) is 2. The lowest BCUT2D eigenvalue weighted by Gasteiger charge is -2.16. The molecule has 1 atom stereocenters. The molecule has 1 aliphatic heterocycles. The Balaban J connectivity index is 1.62. The zero-order chi connectivity index (χ0) is 20.3. The van der Waals surface area contributed by atoms with Gasteiger partial charge in [-0.05, 0) is 30.5 Å². The van der Waals surface area contributed by atoms with Crippen LogP contribution in [0.4, 0.5) is 11.8 Å². The summed E-state index contributed by atoms with van der Waals surface area (Å²) in [5.74, 6) is 1.40. The first-order chi connectivity index (χ1) is 13.9. The van der Waals surface area contributed by atoms with Crippen molar-refractivity contribution in [1.82, 2.24) is 9.97 Å². The van der Waals surface area contributed by atoms with Gasteiger partial charge in [-0.15, -0.1) is 0 Å². The number of hydrogen-bond acceptors (Lipinski definition) is 7. The van der Waals surface area contributed by atoms with Crippen LogP contribution in [0, 0.1) is 0 Å². The maximum atomic E-state index is 11.7. The number of carboxylic acids is 1. The predicted molar refractivity (Wildman–Crippen MR) is 107 cm³/mol.